The van der Waals surface area contributed by atoms with Gasteiger partial charge in [0.05, 0.1) is 12.2 Å². The molecule has 0 saturated heterocycles. The summed E-state index contributed by atoms with van der Waals surface area (Å²) in [7, 11) is 0. The van der Waals surface area contributed by atoms with E-state index in [0.717, 1.165) is 30.4 Å². The number of hydrogen-bond acceptors (Lipinski definition) is 4. The Morgan fingerprint density at radius 3 is 2.80 bits per heavy atom. The van der Waals surface area contributed by atoms with Gasteiger partial charge in [-0.3, -0.25) is 4.79 Å². The molecule has 1 aliphatic rings. The van der Waals surface area contributed by atoms with E-state index in [9.17, 15) is 9.59 Å². The van der Waals surface area contributed by atoms with Crippen molar-refractivity contribution in [1.29, 1.82) is 0 Å². The lowest BCUT2D eigenvalue weighted by atomic mass is 9.88. The van der Waals surface area contributed by atoms with Crippen LogP contribution in [0.5, 0.6) is 0 Å². The molecule has 1 aromatic carbocycles. The molecular weight excluding hydrogens is 334 g/mol. The third-order valence-corrected chi connectivity index (χ3v) is 5.78. The lowest BCUT2D eigenvalue weighted by molar-refractivity contribution is 0.0526. The number of ether oxygens (including phenoxy) is 1. The highest BCUT2D eigenvalue weighted by molar-refractivity contribution is 7.17. The first-order valence-corrected chi connectivity index (χ1v) is 9.51. The van der Waals surface area contributed by atoms with Gasteiger partial charge in [0, 0.05) is 10.4 Å². The molecule has 1 aliphatic carbocycles. The van der Waals surface area contributed by atoms with E-state index < -0.39 is 0 Å². The van der Waals surface area contributed by atoms with Crippen molar-refractivity contribution in [1.82, 2.24) is 0 Å². The van der Waals surface area contributed by atoms with Crippen LogP contribution in [0, 0.1) is 12.8 Å². The Morgan fingerprint density at radius 1 is 1.32 bits per heavy atom. The lowest BCUT2D eigenvalue weighted by Gasteiger charge is -2.18. The number of nitrogens with one attached hydrogen (secondary N) is 1. The van der Waals surface area contributed by atoms with Crippen molar-refractivity contribution < 1.29 is 14.3 Å². The highest BCUT2D eigenvalue weighted by atomic mass is 32.1. The molecule has 0 fully saturated rings. The van der Waals surface area contributed by atoms with Crippen LogP contribution in [0.1, 0.15) is 57.0 Å². The zero-order valence-corrected chi connectivity index (χ0v) is 15.7. The normalized spacial score (nSPS) is 16.2. The summed E-state index contributed by atoms with van der Waals surface area (Å²) in [6.45, 7) is 6.25. The van der Waals surface area contributed by atoms with Crippen LogP contribution in [0.15, 0.2) is 24.3 Å². The van der Waals surface area contributed by atoms with Crippen molar-refractivity contribution in [2.24, 2.45) is 5.92 Å². The number of amides is 1. The van der Waals surface area contributed by atoms with Crippen LogP contribution >= 0.6 is 11.3 Å². The van der Waals surface area contributed by atoms with Gasteiger partial charge in [0.25, 0.3) is 5.91 Å². The minimum atomic E-state index is -0.338. The molecule has 3 rings (SSSR count). The predicted molar refractivity (Wildman–Crippen MR) is 101 cm³/mol. The van der Waals surface area contributed by atoms with Crippen molar-refractivity contribution >= 4 is 28.2 Å². The Hall–Kier alpha value is -2.14. The molecule has 0 bridgehead atoms. The number of fused-ring (bicyclic) bond motifs is 1. The fraction of sp³-hybridized carbons (Fsp3) is 0.400. The van der Waals surface area contributed by atoms with Gasteiger partial charge < -0.3 is 10.1 Å². The Balaban J connectivity index is 1.96. The van der Waals surface area contributed by atoms with Gasteiger partial charge in [-0.05, 0) is 56.2 Å². The monoisotopic (exact) mass is 357 g/mol. The maximum Gasteiger partial charge on any atom is 0.341 e. The first kappa shape index (κ1) is 17.7. The molecule has 5 heteroatoms. The highest BCUT2D eigenvalue weighted by Crippen LogP contribution is 2.40. The number of aryl methyl sites for hydroxylation is 1. The third-order valence-electron chi connectivity index (χ3n) is 4.61. The highest BCUT2D eigenvalue weighted by Gasteiger charge is 2.29. The van der Waals surface area contributed by atoms with E-state index in [-0.39, 0.29) is 11.9 Å². The summed E-state index contributed by atoms with van der Waals surface area (Å²) in [5.74, 6) is 0.0750. The van der Waals surface area contributed by atoms with Crippen molar-refractivity contribution in [2.75, 3.05) is 11.9 Å². The quantitative estimate of drug-likeness (QED) is 0.813. The SMILES string of the molecule is CCOC(=O)c1c(NC(=O)c2ccccc2C)sc2c1CCC(C)C2. The number of rotatable bonds is 4. The van der Waals surface area contributed by atoms with Crippen molar-refractivity contribution in [3.05, 3.63) is 51.4 Å². The van der Waals surface area contributed by atoms with E-state index in [1.54, 1.807) is 13.0 Å². The van der Waals surface area contributed by atoms with Crippen LogP contribution in [0.3, 0.4) is 0 Å². The summed E-state index contributed by atoms with van der Waals surface area (Å²) < 4.78 is 5.25. The smallest absolute Gasteiger partial charge is 0.341 e. The first-order valence-electron chi connectivity index (χ1n) is 8.69. The molecule has 1 heterocycles. The predicted octanol–water partition coefficient (Wildman–Crippen LogP) is 4.61. The zero-order chi connectivity index (χ0) is 18.0. The standard InChI is InChI=1S/C20H23NO3S/c1-4-24-20(23)17-15-10-9-12(2)11-16(15)25-19(17)21-18(22)14-8-6-5-7-13(14)3/h5-8,12H,4,9-11H2,1-3H3,(H,21,22). The van der Waals surface area contributed by atoms with Gasteiger partial charge in [0.1, 0.15) is 5.00 Å². The molecule has 1 unspecified atom stereocenters. The molecule has 0 spiro atoms. The Kier molecular flexibility index (Phi) is 5.23. The molecular formula is C20H23NO3S. The summed E-state index contributed by atoms with van der Waals surface area (Å²) in [6, 6.07) is 7.45. The van der Waals surface area contributed by atoms with Gasteiger partial charge in [-0.15, -0.1) is 11.3 Å². The molecule has 132 valence electrons. The van der Waals surface area contributed by atoms with Gasteiger partial charge in [-0.25, -0.2) is 4.79 Å². The van der Waals surface area contributed by atoms with Gasteiger partial charge in [-0.2, -0.15) is 0 Å². The fourth-order valence-electron chi connectivity index (χ4n) is 3.26. The summed E-state index contributed by atoms with van der Waals surface area (Å²) in [4.78, 5) is 26.4. The van der Waals surface area contributed by atoms with Gasteiger partial charge in [0.2, 0.25) is 0 Å². The topological polar surface area (TPSA) is 55.4 Å². The van der Waals surface area contributed by atoms with Gasteiger partial charge in [0.15, 0.2) is 0 Å². The molecule has 1 atom stereocenters. The zero-order valence-electron chi connectivity index (χ0n) is 14.8. The van der Waals surface area contributed by atoms with E-state index in [1.807, 2.05) is 25.1 Å². The summed E-state index contributed by atoms with van der Waals surface area (Å²) in [6.07, 6.45) is 2.87. The molecule has 1 amide bonds. The van der Waals surface area contributed by atoms with E-state index in [2.05, 4.69) is 12.2 Å². The van der Waals surface area contributed by atoms with Crippen molar-refractivity contribution in [3.8, 4) is 0 Å². The third kappa shape index (κ3) is 3.61. The average Bonchev–Trinajstić information content (AvgIpc) is 2.92. The maximum absolute atomic E-state index is 12.7. The van der Waals surface area contributed by atoms with E-state index in [4.69, 9.17) is 4.74 Å². The number of carbonyl (C=O) groups is 2. The van der Waals surface area contributed by atoms with Gasteiger partial charge >= 0.3 is 5.97 Å². The van der Waals surface area contributed by atoms with Crippen LogP contribution in [0.4, 0.5) is 5.00 Å². The number of hydrogen-bond donors (Lipinski definition) is 1. The second-order valence-corrected chi connectivity index (χ2v) is 7.65. The van der Waals surface area contributed by atoms with Gasteiger partial charge in [-0.1, -0.05) is 25.1 Å². The number of benzene rings is 1. The fourth-order valence-corrected chi connectivity index (χ4v) is 4.65. The van der Waals surface area contributed by atoms with Crippen LogP contribution in [0.2, 0.25) is 0 Å². The Labute approximate surface area is 152 Å². The number of esters is 1. The van der Waals surface area contributed by atoms with Crippen LogP contribution in [-0.2, 0) is 17.6 Å². The molecule has 4 nitrogen and oxygen atoms in total. The molecule has 0 aliphatic heterocycles. The largest absolute Gasteiger partial charge is 0.462 e. The molecule has 25 heavy (non-hydrogen) atoms. The average molecular weight is 357 g/mol. The first-order chi connectivity index (χ1) is 12.0. The van der Waals surface area contributed by atoms with E-state index in [1.165, 1.54) is 16.2 Å². The summed E-state index contributed by atoms with van der Waals surface area (Å²) in [5.41, 5.74) is 3.14. The minimum Gasteiger partial charge on any atom is -0.462 e. The molecule has 1 N–H and O–H groups in total. The molecule has 0 radical (unpaired) electrons. The summed E-state index contributed by atoms with van der Waals surface area (Å²) in [5, 5.41) is 3.57. The maximum atomic E-state index is 12.7. The Bertz CT molecular complexity index is 809. The van der Waals surface area contributed by atoms with Crippen LogP contribution in [0.25, 0.3) is 0 Å². The summed E-state index contributed by atoms with van der Waals surface area (Å²) >= 11 is 1.52. The second kappa shape index (κ2) is 7.40. The second-order valence-electron chi connectivity index (χ2n) is 6.55. The van der Waals surface area contributed by atoms with E-state index >= 15 is 0 Å². The number of anilines is 1. The van der Waals surface area contributed by atoms with Crippen molar-refractivity contribution in [3.63, 3.8) is 0 Å². The molecule has 1 aromatic heterocycles. The van der Waals surface area contributed by atoms with Crippen LogP contribution in [-0.4, -0.2) is 18.5 Å². The number of carbonyl (C=O) groups excluding carboxylic acids is 2. The minimum absolute atomic E-state index is 0.185. The molecule has 2 aromatic rings. The molecule has 0 saturated carbocycles. The number of thiophene rings is 1. The van der Waals surface area contributed by atoms with Crippen LogP contribution < -0.4 is 5.32 Å². The Morgan fingerprint density at radius 2 is 2.08 bits per heavy atom. The lowest BCUT2D eigenvalue weighted by Crippen LogP contribution is -2.17. The van der Waals surface area contributed by atoms with E-state index in [0.29, 0.717) is 28.7 Å². The van der Waals surface area contributed by atoms with Crippen molar-refractivity contribution in [2.45, 2.75) is 40.0 Å².